The van der Waals surface area contributed by atoms with Gasteiger partial charge in [0.15, 0.2) is 0 Å². The Labute approximate surface area is 95.7 Å². The van der Waals surface area contributed by atoms with E-state index < -0.39 is 0 Å². The molecule has 0 unspecified atom stereocenters. The molecule has 0 aliphatic carbocycles. The molecule has 1 aromatic rings. The second-order valence-corrected chi connectivity index (χ2v) is 4.40. The van der Waals surface area contributed by atoms with E-state index in [4.69, 9.17) is 0 Å². The zero-order valence-corrected chi connectivity index (χ0v) is 9.81. The fourth-order valence-corrected chi connectivity index (χ4v) is 2.22. The average molecular weight is 219 g/mol. The van der Waals surface area contributed by atoms with Crippen molar-refractivity contribution in [2.45, 2.75) is 26.7 Å². The first kappa shape index (κ1) is 11.0. The normalized spacial score (nSPS) is 17.5. The van der Waals surface area contributed by atoms with Crippen molar-refractivity contribution in [1.82, 2.24) is 9.97 Å². The van der Waals surface area contributed by atoms with Gasteiger partial charge in [0, 0.05) is 30.8 Å². The summed E-state index contributed by atoms with van der Waals surface area (Å²) >= 11 is 0. The molecule has 1 aliphatic heterocycles. The number of carbonyl (C=O) groups excluding carboxylic acids is 1. The average Bonchev–Trinajstić information content (AvgIpc) is 2.30. The van der Waals surface area contributed by atoms with Crippen LogP contribution in [0, 0.1) is 12.8 Å². The third-order valence-corrected chi connectivity index (χ3v) is 3.24. The van der Waals surface area contributed by atoms with E-state index >= 15 is 0 Å². The van der Waals surface area contributed by atoms with Gasteiger partial charge in [0.25, 0.3) is 0 Å². The van der Waals surface area contributed by atoms with Crippen molar-refractivity contribution in [3.05, 3.63) is 18.1 Å². The fraction of sp³-hybridized carbons (Fsp3) is 0.583. The number of carbonyl (C=O) groups is 1. The lowest BCUT2D eigenvalue weighted by Crippen LogP contribution is -2.36. The number of rotatable bonds is 2. The molecule has 0 aromatic carbocycles. The zero-order valence-electron chi connectivity index (χ0n) is 9.81. The van der Waals surface area contributed by atoms with Crippen LogP contribution in [0.3, 0.4) is 0 Å². The van der Waals surface area contributed by atoms with E-state index in [0.29, 0.717) is 5.78 Å². The van der Waals surface area contributed by atoms with Gasteiger partial charge in [0.05, 0.1) is 0 Å². The molecular weight excluding hydrogens is 202 g/mol. The Hall–Kier alpha value is -1.45. The van der Waals surface area contributed by atoms with E-state index in [2.05, 4.69) is 14.9 Å². The molecule has 0 atom stereocenters. The van der Waals surface area contributed by atoms with Gasteiger partial charge < -0.3 is 4.90 Å². The summed E-state index contributed by atoms with van der Waals surface area (Å²) in [5.41, 5.74) is 1.10. The second kappa shape index (κ2) is 4.60. The quantitative estimate of drug-likeness (QED) is 0.757. The molecule has 1 aromatic heterocycles. The van der Waals surface area contributed by atoms with Crippen LogP contribution in [0.4, 0.5) is 5.82 Å². The standard InChI is InChI=1S/C12H17N3O/c1-9-7-13-8-14-12(9)15-5-3-11(4-6-15)10(2)16/h7-8,11H,3-6H2,1-2H3. The van der Waals surface area contributed by atoms with Gasteiger partial charge in [-0.2, -0.15) is 0 Å². The fourth-order valence-electron chi connectivity index (χ4n) is 2.22. The van der Waals surface area contributed by atoms with Crippen LogP contribution in [0.5, 0.6) is 0 Å². The number of hydrogen-bond acceptors (Lipinski definition) is 4. The number of ketones is 1. The van der Waals surface area contributed by atoms with Crippen molar-refractivity contribution in [2.75, 3.05) is 18.0 Å². The number of anilines is 1. The van der Waals surface area contributed by atoms with Crippen LogP contribution in [0.15, 0.2) is 12.5 Å². The SMILES string of the molecule is CC(=O)C1CCN(c2ncncc2C)CC1. The highest BCUT2D eigenvalue weighted by atomic mass is 16.1. The molecular formula is C12H17N3O. The Balaban J connectivity index is 2.05. The molecule has 0 amide bonds. The molecule has 4 nitrogen and oxygen atoms in total. The second-order valence-electron chi connectivity index (χ2n) is 4.40. The molecule has 86 valence electrons. The largest absolute Gasteiger partial charge is 0.356 e. The number of aryl methyl sites for hydroxylation is 1. The van der Waals surface area contributed by atoms with Crippen LogP contribution in [0.25, 0.3) is 0 Å². The van der Waals surface area contributed by atoms with Crippen LogP contribution in [0.2, 0.25) is 0 Å². The third-order valence-electron chi connectivity index (χ3n) is 3.24. The summed E-state index contributed by atoms with van der Waals surface area (Å²) in [6, 6.07) is 0. The first-order valence-electron chi connectivity index (χ1n) is 5.70. The van der Waals surface area contributed by atoms with Gasteiger partial charge in [-0.1, -0.05) is 0 Å². The van der Waals surface area contributed by atoms with Crippen LogP contribution in [-0.2, 0) is 4.79 Å². The molecule has 1 aliphatic rings. The Bertz CT molecular complexity index is 384. The maximum absolute atomic E-state index is 11.3. The maximum atomic E-state index is 11.3. The first-order valence-corrected chi connectivity index (χ1v) is 5.70. The van der Waals surface area contributed by atoms with Gasteiger partial charge in [-0.3, -0.25) is 4.79 Å². The smallest absolute Gasteiger partial charge is 0.134 e. The molecule has 0 saturated carbocycles. The molecule has 0 radical (unpaired) electrons. The number of hydrogen-bond donors (Lipinski definition) is 0. The Morgan fingerprint density at radius 2 is 2.12 bits per heavy atom. The molecule has 0 N–H and O–H groups in total. The van der Waals surface area contributed by atoms with E-state index in [0.717, 1.165) is 37.3 Å². The Kier molecular flexibility index (Phi) is 3.17. The summed E-state index contributed by atoms with van der Waals surface area (Å²) in [4.78, 5) is 21.8. The topological polar surface area (TPSA) is 46.1 Å². The highest BCUT2D eigenvalue weighted by Crippen LogP contribution is 2.23. The molecule has 1 saturated heterocycles. The molecule has 4 heteroatoms. The Morgan fingerprint density at radius 1 is 1.44 bits per heavy atom. The first-order chi connectivity index (χ1) is 7.68. The van der Waals surface area contributed by atoms with E-state index in [9.17, 15) is 4.79 Å². The lowest BCUT2D eigenvalue weighted by Gasteiger charge is -2.32. The number of piperidine rings is 1. The lowest BCUT2D eigenvalue weighted by atomic mass is 9.93. The number of aromatic nitrogens is 2. The summed E-state index contributed by atoms with van der Waals surface area (Å²) in [7, 11) is 0. The van der Waals surface area contributed by atoms with Crippen molar-refractivity contribution in [3.8, 4) is 0 Å². The molecule has 16 heavy (non-hydrogen) atoms. The molecule has 2 rings (SSSR count). The summed E-state index contributed by atoms with van der Waals surface area (Å²) in [6.45, 7) is 5.55. The number of Topliss-reactive ketones (excluding diaryl/α,β-unsaturated/α-hetero) is 1. The van der Waals surface area contributed by atoms with Crippen molar-refractivity contribution in [3.63, 3.8) is 0 Å². The summed E-state index contributed by atoms with van der Waals surface area (Å²) in [5.74, 6) is 1.58. The van der Waals surface area contributed by atoms with E-state index in [1.165, 1.54) is 0 Å². The molecule has 1 fully saturated rings. The van der Waals surface area contributed by atoms with Gasteiger partial charge in [-0.05, 0) is 26.7 Å². The van der Waals surface area contributed by atoms with Crippen molar-refractivity contribution >= 4 is 11.6 Å². The minimum Gasteiger partial charge on any atom is -0.356 e. The monoisotopic (exact) mass is 219 g/mol. The van der Waals surface area contributed by atoms with Crippen LogP contribution >= 0.6 is 0 Å². The van der Waals surface area contributed by atoms with Crippen LogP contribution in [-0.4, -0.2) is 28.8 Å². The van der Waals surface area contributed by atoms with Gasteiger partial charge in [0.1, 0.15) is 17.9 Å². The van der Waals surface area contributed by atoms with Gasteiger partial charge in [-0.15, -0.1) is 0 Å². The molecule has 2 heterocycles. The Morgan fingerprint density at radius 3 is 2.69 bits per heavy atom. The van der Waals surface area contributed by atoms with Crippen molar-refractivity contribution in [1.29, 1.82) is 0 Å². The maximum Gasteiger partial charge on any atom is 0.134 e. The van der Waals surface area contributed by atoms with Gasteiger partial charge in [-0.25, -0.2) is 9.97 Å². The number of nitrogens with zero attached hydrogens (tertiary/aromatic N) is 3. The highest BCUT2D eigenvalue weighted by Gasteiger charge is 2.23. The lowest BCUT2D eigenvalue weighted by molar-refractivity contribution is -0.121. The minimum absolute atomic E-state index is 0.249. The zero-order chi connectivity index (χ0) is 11.5. The summed E-state index contributed by atoms with van der Waals surface area (Å²) < 4.78 is 0. The van der Waals surface area contributed by atoms with E-state index in [1.54, 1.807) is 13.3 Å². The van der Waals surface area contributed by atoms with Crippen molar-refractivity contribution in [2.24, 2.45) is 5.92 Å². The third kappa shape index (κ3) is 2.21. The summed E-state index contributed by atoms with van der Waals surface area (Å²) in [5, 5.41) is 0. The predicted octanol–water partition coefficient (Wildman–Crippen LogP) is 1.59. The van der Waals surface area contributed by atoms with Gasteiger partial charge in [0.2, 0.25) is 0 Å². The summed E-state index contributed by atoms with van der Waals surface area (Å²) in [6.07, 6.45) is 5.30. The van der Waals surface area contributed by atoms with Gasteiger partial charge >= 0.3 is 0 Å². The van der Waals surface area contributed by atoms with E-state index in [-0.39, 0.29) is 5.92 Å². The van der Waals surface area contributed by atoms with E-state index in [1.807, 2.05) is 13.1 Å². The minimum atomic E-state index is 0.249. The van der Waals surface area contributed by atoms with Crippen LogP contribution < -0.4 is 4.90 Å². The molecule has 0 bridgehead atoms. The van der Waals surface area contributed by atoms with Crippen LogP contribution in [0.1, 0.15) is 25.3 Å². The molecule has 0 spiro atoms. The predicted molar refractivity (Wildman–Crippen MR) is 62.4 cm³/mol. The van der Waals surface area contributed by atoms with Crippen molar-refractivity contribution < 1.29 is 4.79 Å². The highest BCUT2D eigenvalue weighted by molar-refractivity contribution is 5.78.